The monoisotopic (exact) mass is 270 g/mol. The molecule has 0 aromatic carbocycles. The number of ether oxygens (including phenoxy) is 1. The number of aliphatic carboxylic acids is 1. The van der Waals surface area contributed by atoms with E-state index in [1.165, 1.54) is 7.11 Å². The van der Waals surface area contributed by atoms with Gasteiger partial charge >= 0.3 is 12.0 Å². The van der Waals surface area contributed by atoms with E-state index in [-0.39, 0.29) is 12.6 Å². The second-order valence-electron chi connectivity index (χ2n) is 4.13. The van der Waals surface area contributed by atoms with Crippen LogP contribution in [-0.2, 0) is 9.53 Å². The molecule has 2 unspecified atom stereocenters. The third-order valence-electron chi connectivity index (χ3n) is 2.47. The highest BCUT2D eigenvalue weighted by Gasteiger charge is 2.21. The third-order valence-corrected chi connectivity index (χ3v) is 2.47. The van der Waals surface area contributed by atoms with Crippen molar-refractivity contribution in [1.29, 1.82) is 0 Å². The molecule has 1 rings (SSSR count). The number of carbonyl (C=O) groups excluding carboxylic acids is 1. The Kier molecular flexibility index (Phi) is 5.37. The van der Waals surface area contributed by atoms with Gasteiger partial charge < -0.3 is 24.9 Å². The van der Waals surface area contributed by atoms with E-state index in [2.05, 4.69) is 10.6 Å². The van der Waals surface area contributed by atoms with Crippen LogP contribution in [0.4, 0.5) is 4.79 Å². The minimum absolute atomic E-state index is 0.100. The van der Waals surface area contributed by atoms with Crippen molar-refractivity contribution in [3.8, 4) is 0 Å². The molecule has 3 N–H and O–H groups in total. The van der Waals surface area contributed by atoms with Crippen LogP contribution in [0.25, 0.3) is 0 Å². The number of urea groups is 1. The van der Waals surface area contributed by atoms with Crippen molar-refractivity contribution in [2.75, 3.05) is 13.7 Å². The van der Waals surface area contributed by atoms with Gasteiger partial charge in [-0.1, -0.05) is 0 Å². The van der Waals surface area contributed by atoms with Crippen molar-refractivity contribution in [3.63, 3.8) is 0 Å². The van der Waals surface area contributed by atoms with E-state index in [0.717, 1.165) is 5.76 Å². The van der Waals surface area contributed by atoms with E-state index < -0.39 is 18.0 Å². The molecule has 0 saturated heterocycles. The molecule has 1 aromatic heterocycles. The van der Waals surface area contributed by atoms with E-state index in [1.807, 2.05) is 0 Å². The Balaban J connectivity index is 2.52. The SMILES string of the molecule is COCC(NC(=O)NC(C)c1ccc(C)o1)C(=O)O. The summed E-state index contributed by atoms with van der Waals surface area (Å²) < 4.78 is 10.1. The first-order valence-corrected chi connectivity index (χ1v) is 5.79. The normalized spacial score (nSPS) is 13.6. The molecule has 0 fully saturated rings. The number of carboxylic acid groups (broad SMARTS) is 1. The third kappa shape index (κ3) is 4.63. The summed E-state index contributed by atoms with van der Waals surface area (Å²) in [6.07, 6.45) is 0. The smallest absolute Gasteiger partial charge is 0.328 e. The highest BCUT2D eigenvalue weighted by molar-refractivity contribution is 5.82. The Morgan fingerprint density at radius 2 is 2.11 bits per heavy atom. The van der Waals surface area contributed by atoms with Crippen LogP contribution in [0.3, 0.4) is 0 Å². The Morgan fingerprint density at radius 3 is 2.58 bits per heavy atom. The summed E-state index contributed by atoms with van der Waals surface area (Å²) in [5.41, 5.74) is 0. The lowest BCUT2D eigenvalue weighted by Gasteiger charge is -2.16. The number of hydrogen-bond acceptors (Lipinski definition) is 4. The quantitative estimate of drug-likeness (QED) is 0.717. The average Bonchev–Trinajstić information content (AvgIpc) is 2.75. The molecule has 7 heteroatoms. The summed E-state index contributed by atoms with van der Waals surface area (Å²) in [6.45, 7) is 3.44. The van der Waals surface area contributed by atoms with Crippen LogP contribution in [0.15, 0.2) is 16.5 Å². The molecule has 0 spiro atoms. The van der Waals surface area contributed by atoms with Crippen molar-refractivity contribution >= 4 is 12.0 Å². The fourth-order valence-corrected chi connectivity index (χ4v) is 1.50. The second kappa shape index (κ2) is 6.79. The van der Waals surface area contributed by atoms with Gasteiger partial charge in [0.25, 0.3) is 0 Å². The van der Waals surface area contributed by atoms with Crippen LogP contribution >= 0.6 is 0 Å². The fourth-order valence-electron chi connectivity index (χ4n) is 1.50. The minimum atomic E-state index is -1.15. The number of amides is 2. The van der Waals surface area contributed by atoms with E-state index in [4.69, 9.17) is 14.3 Å². The molecule has 0 radical (unpaired) electrons. The lowest BCUT2D eigenvalue weighted by molar-refractivity contribution is -0.140. The topological polar surface area (TPSA) is 101 Å². The van der Waals surface area contributed by atoms with E-state index in [9.17, 15) is 9.59 Å². The van der Waals surface area contributed by atoms with Gasteiger partial charge in [0.1, 0.15) is 11.5 Å². The molecule has 1 heterocycles. The largest absolute Gasteiger partial charge is 0.480 e. The van der Waals surface area contributed by atoms with Crippen LogP contribution < -0.4 is 10.6 Å². The van der Waals surface area contributed by atoms with Gasteiger partial charge in [-0.25, -0.2) is 9.59 Å². The summed E-state index contributed by atoms with van der Waals surface area (Å²) in [5, 5.41) is 13.8. The number of carboxylic acids is 1. The molecule has 0 aliphatic heterocycles. The molecule has 1 aromatic rings. The first-order valence-electron chi connectivity index (χ1n) is 5.79. The van der Waals surface area contributed by atoms with Crippen LogP contribution in [0.2, 0.25) is 0 Å². The van der Waals surface area contributed by atoms with Crippen molar-refractivity contribution in [1.82, 2.24) is 10.6 Å². The second-order valence-corrected chi connectivity index (χ2v) is 4.13. The van der Waals surface area contributed by atoms with Gasteiger partial charge in [0.15, 0.2) is 6.04 Å². The molecule has 2 atom stereocenters. The number of methoxy groups -OCH3 is 1. The van der Waals surface area contributed by atoms with Gasteiger partial charge in [-0.15, -0.1) is 0 Å². The number of nitrogens with one attached hydrogen (secondary N) is 2. The average molecular weight is 270 g/mol. The molecule has 19 heavy (non-hydrogen) atoms. The standard InChI is InChI=1S/C12H18N2O5/c1-7-4-5-10(19-7)8(2)13-12(17)14-9(6-18-3)11(15)16/h4-5,8-9H,6H2,1-3H3,(H,15,16)(H2,13,14,17). The maximum atomic E-state index is 11.6. The first-order chi connectivity index (χ1) is 8.93. The molecule has 0 aliphatic carbocycles. The lowest BCUT2D eigenvalue weighted by Crippen LogP contribution is -2.48. The molecule has 2 amide bonds. The zero-order chi connectivity index (χ0) is 14.4. The molecule has 0 aliphatic rings. The number of hydrogen-bond donors (Lipinski definition) is 3. The number of carbonyl (C=O) groups is 2. The van der Waals surface area contributed by atoms with E-state index in [1.54, 1.807) is 26.0 Å². The molecule has 0 saturated carbocycles. The zero-order valence-corrected chi connectivity index (χ0v) is 11.1. The van der Waals surface area contributed by atoms with Gasteiger partial charge in [0.05, 0.1) is 12.6 Å². The number of rotatable bonds is 6. The number of aryl methyl sites for hydroxylation is 1. The van der Waals surface area contributed by atoms with Gasteiger partial charge in [0, 0.05) is 7.11 Å². The summed E-state index contributed by atoms with van der Waals surface area (Å²) in [5.74, 6) is 0.191. The first kappa shape index (κ1) is 15.0. The zero-order valence-electron chi connectivity index (χ0n) is 11.1. The fraction of sp³-hybridized carbons (Fsp3) is 0.500. The Hall–Kier alpha value is -2.02. The van der Waals surface area contributed by atoms with Crippen LogP contribution in [0.5, 0.6) is 0 Å². The summed E-state index contributed by atoms with van der Waals surface area (Å²) in [6, 6.07) is 1.51. The van der Waals surface area contributed by atoms with E-state index >= 15 is 0 Å². The summed E-state index contributed by atoms with van der Waals surface area (Å²) in [7, 11) is 1.36. The molecular weight excluding hydrogens is 252 g/mol. The molecule has 0 bridgehead atoms. The molecule has 7 nitrogen and oxygen atoms in total. The van der Waals surface area contributed by atoms with Crippen molar-refractivity contribution in [2.24, 2.45) is 0 Å². The number of furan rings is 1. The van der Waals surface area contributed by atoms with Crippen molar-refractivity contribution in [2.45, 2.75) is 25.9 Å². The summed E-state index contributed by atoms with van der Waals surface area (Å²) in [4.78, 5) is 22.5. The lowest BCUT2D eigenvalue weighted by atomic mass is 10.2. The Morgan fingerprint density at radius 1 is 1.42 bits per heavy atom. The molecule has 106 valence electrons. The van der Waals surface area contributed by atoms with Gasteiger partial charge in [0.2, 0.25) is 0 Å². The van der Waals surface area contributed by atoms with Crippen LogP contribution in [0.1, 0.15) is 24.5 Å². The van der Waals surface area contributed by atoms with E-state index in [0.29, 0.717) is 5.76 Å². The predicted molar refractivity (Wildman–Crippen MR) is 66.8 cm³/mol. The molecular formula is C12H18N2O5. The van der Waals surface area contributed by atoms with Crippen molar-refractivity contribution in [3.05, 3.63) is 23.7 Å². The Bertz CT molecular complexity index is 443. The minimum Gasteiger partial charge on any atom is -0.480 e. The maximum Gasteiger partial charge on any atom is 0.328 e. The van der Waals surface area contributed by atoms with Crippen molar-refractivity contribution < 1.29 is 23.8 Å². The highest BCUT2D eigenvalue weighted by atomic mass is 16.5. The Labute approximate surface area is 110 Å². The maximum absolute atomic E-state index is 11.6. The highest BCUT2D eigenvalue weighted by Crippen LogP contribution is 2.15. The van der Waals surface area contributed by atoms with Gasteiger partial charge in [-0.3, -0.25) is 0 Å². The summed E-state index contributed by atoms with van der Waals surface area (Å²) >= 11 is 0. The van der Waals surface area contributed by atoms with Crippen LogP contribution in [-0.4, -0.2) is 36.9 Å². The predicted octanol–water partition coefficient (Wildman–Crippen LogP) is 1.05. The van der Waals surface area contributed by atoms with Gasteiger partial charge in [-0.2, -0.15) is 0 Å². The van der Waals surface area contributed by atoms with Crippen LogP contribution in [0, 0.1) is 6.92 Å². The van der Waals surface area contributed by atoms with Gasteiger partial charge in [-0.05, 0) is 26.0 Å².